The van der Waals surface area contributed by atoms with E-state index in [2.05, 4.69) is 16.1 Å². The number of aromatic nitrogens is 2. The number of nitriles is 1. The zero-order chi connectivity index (χ0) is 24.3. The van der Waals surface area contributed by atoms with Gasteiger partial charge in [-0.15, -0.1) is 0 Å². The van der Waals surface area contributed by atoms with E-state index in [0.717, 1.165) is 37.6 Å². The zero-order valence-electron chi connectivity index (χ0n) is 19.0. The molecule has 5 rings (SSSR count). The highest BCUT2D eigenvalue weighted by Gasteiger charge is 2.45. The van der Waals surface area contributed by atoms with Crippen molar-refractivity contribution in [1.29, 1.82) is 5.26 Å². The summed E-state index contributed by atoms with van der Waals surface area (Å²) < 4.78 is 20.6. The number of benzene rings is 2. The SMILES string of the molecule is N#CN1CCN(c2ccc(OCC3COC(Cn4ccnc4)(c4ccc(Cl)cc4Cl)O3)cc2)CC1. The maximum absolute atomic E-state index is 9.02. The van der Waals surface area contributed by atoms with Crippen LogP contribution in [0.3, 0.4) is 0 Å². The first-order valence-electron chi connectivity index (χ1n) is 11.4. The summed E-state index contributed by atoms with van der Waals surface area (Å²) in [5.41, 5.74) is 1.83. The van der Waals surface area contributed by atoms with Gasteiger partial charge >= 0.3 is 0 Å². The molecular weight excluding hydrogens is 489 g/mol. The molecule has 3 aromatic rings. The smallest absolute Gasteiger partial charge is 0.215 e. The van der Waals surface area contributed by atoms with Crippen LogP contribution in [0.2, 0.25) is 10.0 Å². The second-order valence-corrected chi connectivity index (χ2v) is 9.39. The molecule has 1 aromatic heterocycles. The third-order valence-electron chi connectivity index (χ3n) is 6.21. The summed E-state index contributed by atoms with van der Waals surface area (Å²) in [7, 11) is 0. The van der Waals surface area contributed by atoms with Crippen molar-refractivity contribution in [2.45, 2.75) is 18.4 Å². The highest BCUT2D eigenvalue weighted by Crippen LogP contribution is 2.40. The molecule has 0 amide bonds. The molecule has 0 saturated carbocycles. The van der Waals surface area contributed by atoms with E-state index in [9.17, 15) is 0 Å². The number of imidazole rings is 1. The molecule has 10 heteroatoms. The van der Waals surface area contributed by atoms with Crippen LogP contribution in [-0.4, -0.2) is 59.9 Å². The van der Waals surface area contributed by atoms with E-state index < -0.39 is 5.79 Å². The standard InChI is InChI=1S/C25H25Cl2N5O3/c26-19-1-6-23(24(27)13-19)25(16-31-8-7-29-18-31)34-15-22(35-25)14-33-21-4-2-20(3-5-21)32-11-9-30(17-28)10-12-32/h1-8,13,18,22H,9-12,14-16H2. The topological polar surface area (TPSA) is 75.8 Å². The minimum absolute atomic E-state index is 0.288. The van der Waals surface area contributed by atoms with Crippen LogP contribution in [0.25, 0.3) is 0 Å². The largest absolute Gasteiger partial charge is 0.491 e. The van der Waals surface area contributed by atoms with Gasteiger partial charge in [0.25, 0.3) is 0 Å². The van der Waals surface area contributed by atoms with Crippen molar-refractivity contribution < 1.29 is 14.2 Å². The predicted molar refractivity (Wildman–Crippen MR) is 133 cm³/mol. The Morgan fingerprint density at radius 3 is 2.60 bits per heavy atom. The Morgan fingerprint density at radius 1 is 1.11 bits per heavy atom. The Hall–Kier alpha value is -2.96. The van der Waals surface area contributed by atoms with Crippen molar-refractivity contribution in [2.75, 3.05) is 44.3 Å². The normalized spacial score (nSPS) is 22.3. The quantitative estimate of drug-likeness (QED) is 0.439. The maximum atomic E-state index is 9.02. The number of piperazine rings is 1. The van der Waals surface area contributed by atoms with Crippen LogP contribution in [0.4, 0.5) is 5.69 Å². The van der Waals surface area contributed by atoms with Gasteiger partial charge in [0.1, 0.15) is 18.5 Å². The Kier molecular flexibility index (Phi) is 7.02. The lowest BCUT2D eigenvalue weighted by Crippen LogP contribution is -2.44. The lowest BCUT2D eigenvalue weighted by atomic mass is 10.1. The number of anilines is 1. The Labute approximate surface area is 214 Å². The number of rotatable bonds is 7. The van der Waals surface area contributed by atoms with Crippen molar-refractivity contribution >= 4 is 28.9 Å². The van der Waals surface area contributed by atoms with Crippen molar-refractivity contribution in [1.82, 2.24) is 14.5 Å². The summed E-state index contributed by atoms with van der Waals surface area (Å²) in [5, 5.41) is 10.0. The molecule has 2 fully saturated rings. The monoisotopic (exact) mass is 513 g/mol. The van der Waals surface area contributed by atoms with Gasteiger partial charge in [0.15, 0.2) is 6.19 Å². The molecular formula is C25H25Cl2N5O3. The first kappa shape index (κ1) is 23.8. The summed E-state index contributed by atoms with van der Waals surface area (Å²) >= 11 is 12.6. The van der Waals surface area contributed by atoms with Gasteiger partial charge in [-0.2, -0.15) is 5.26 Å². The first-order valence-corrected chi connectivity index (χ1v) is 12.2. The average Bonchev–Trinajstić information content (AvgIpc) is 3.54. The number of ether oxygens (including phenoxy) is 3. The third kappa shape index (κ3) is 5.34. The lowest BCUT2D eigenvalue weighted by molar-refractivity contribution is -0.189. The van der Waals surface area contributed by atoms with Gasteiger partial charge < -0.3 is 28.6 Å². The van der Waals surface area contributed by atoms with Gasteiger partial charge in [-0.25, -0.2) is 4.98 Å². The molecule has 2 atom stereocenters. The molecule has 35 heavy (non-hydrogen) atoms. The Bertz CT molecular complexity index is 1180. The predicted octanol–water partition coefficient (Wildman–Crippen LogP) is 4.14. The zero-order valence-corrected chi connectivity index (χ0v) is 20.5. The average molecular weight is 514 g/mol. The van der Waals surface area contributed by atoms with Crippen LogP contribution in [0.5, 0.6) is 5.75 Å². The lowest BCUT2D eigenvalue weighted by Gasteiger charge is -2.33. The summed E-state index contributed by atoms with van der Waals surface area (Å²) in [6, 6.07) is 13.3. The van der Waals surface area contributed by atoms with Crippen molar-refractivity contribution in [2.24, 2.45) is 0 Å². The molecule has 0 N–H and O–H groups in total. The fraction of sp³-hybridized carbons (Fsp3) is 0.360. The van der Waals surface area contributed by atoms with Crippen LogP contribution in [0, 0.1) is 11.5 Å². The van der Waals surface area contributed by atoms with Crippen molar-refractivity contribution in [3.63, 3.8) is 0 Å². The molecule has 2 saturated heterocycles. The molecule has 8 nitrogen and oxygen atoms in total. The van der Waals surface area contributed by atoms with Crippen LogP contribution in [-0.2, 0) is 21.8 Å². The molecule has 2 aliphatic heterocycles. The number of halogens is 2. The second-order valence-electron chi connectivity index (χ2n) is 8.54. The summed E-state index contributed by atoms with van der Waals surface area (Å²) in [4.78, 5) is 8.17. The van der Waals surface area contributed by atoms with Crippen LogP contribution >= 0.6 is 23.2 Å². The molecule has 0 radical (unpaired) electrons. The molecule has 0 bridgehead atoms. The van der Waals surface area contributed by atoms with E-state index in [1.165, 1.54) is 0 Å². The van der Waals surface area contributed by atoms with Gasteiger partial charge in [0.05, 0.1) is 24.5 Å². The van der Waals surface area contributed by atoms with Crippen molar-refractivity contribution in [3.05, 3.63) is 76.8 Å². The third-order valence-corrected chi connectivity index (χ3v) is 6.76. The number of hydrogen-bond acceptors (Lipinski definition) is 7. The van der Waals surface area contributed by atoms with E-state index in [1.54, 1.807) is 29.6 Å². The van der Waals surface area contributed by atoms with Gasteiger partial charge in [-0.3, -0.25) is 0 Å². The molecule has 2 aliphatic rings. The molecule has 0 aliphatic carbocycles. The Balaban J connectivity index is 1.23. The highest BCUT2D eigenvalue weighted by atomic mass is 35.5. The molecule has 2 unspecified atom stereocenters. The van der Waals surface area contributed by atoms with E-state index >= 15 is 0 Å². The number of nitrogens with zero attached hydrogens (tertiary/aromatic N) is 5. The fourth-order valence-electron chi connectivity index (χ4n) is 4.38. The second kappa shape index (κ2) is 10.3. The van der Waals surface area contributed by atoms with E-state index in [1.807, 2.05) is 41.1 Å². The molecule has 2 aromatic carbocycles. The van der Waals surface area contributed by atoms with E-state index in [4.69, 9.17) is 42.7 Å². The minimum atomic E-state index is -1.08. The van der Waals surface area contributed by atoms with Gasteiger partial charge in [-0.1, -0.05) is 29.3 Å². The van der Waals surface area contributed by atoms with Crippen LogP contribution < -0.4 is 9.64 Å². The van der Waals surface area contributed by atoms with Gasteiger partial charge in [-0.05, 0) is 36.4 Å². The highest BCUT2D eigenvalue weighted by molar-refractivity contribution is 6.35. The fourth-order valence-corrected chi connectivity index (χ4v) is 4.93. The maximum Gasteiger partial charge on any atom is 0.215 e. The summed E-state index contributed by atoms with van der Waals surface area (Å²) in [6.45, 7) is 4.21. The first-order chi connectivity index (χ1) is 17.0. The van der Waals surface area contributed by atoms with Crippen LogP contribution in [0.15, 0.2) is 61.2 Å². The van der Waals surface area contributed by atoms with Crippen molar-refractivity contribution in [3.8, 4) is 11.9 Å². The summed E-state index contributed by atoms with van der Waals surface area (Å²) in [5.74, 6) is -0.323. The minimum Gasteiger partial charge on any atom is -0.491 e. The summed E-state index contributed by atoms with van der Waals surface area (Å²) in [6.07, 6.45) is 7.19. The molecule has 0 spiro atoms. The molecule has 182 valence electrons. The number of hydrogen-bond donors (Lipinski definition) is 0. The molecule has 3 heterocycles. The van der Waals surface area contributed by atoms with E-state index in [-0.39, 0.29) is 6.10 Å². The van der Waals surface area contributed by atoms with Gasteiger partial charge in [0.2, 0.25) is 5.79 Å². The van der Waals surface area contributed by atoms with Gasteiger partial charge in [0, 0.05) is 54.8 Å². The Morgan fingerprint density at radius 2 is 1.91 bits per heavy atom. The van der Waals surface area contributed by atoms with Crippen LogP contribution in [0.1, 0.15) is 5.56 Å². The van der Waals surface area contributed by atoms with E-state index in [0.29, 0.717) is 35.4 Å².